The average Bonchev–Trinajstić information content (AvgIpc) is 3.39. The van der Waals surface area contributed by atoms with E-state index in [1.165, 1.54) is 4.90 Å². The molecule has 0 saturated carbocycles. The number of benzene rings is 2. The highest BCUT2D eigenvalue weighted by atomic mass is 16.7. The summed E-state index contributed by atoms with van der Waals surface area (Å²) in [6, 6.07) is 15.7. The molecule has 0 unspecified atom stereocenters. The van der Waals surface area contributed by atoms with E-state index in [1.807, 2.05) is 42.5 Å². The van der Waals surface area contributed by atoms with Gasteiger partial charge in [-0.25, -0.2) is 4.98 Å². The lowest BCUT2D eigenvalue weighted by Crippen LogP contribution is -3.05. The van der Waals surface area contributed by atoms with Gasteiger partial charge in [0.25, 0.3) is 5.91 Å². The number of hydrogen-bond acceptors (Lipinski definition) is 4. The molecule has 31 heavy (non-hydrogen) atoms. The molecule has 3 heterocycles. The number of para-hydroxylation sites is 1. The first-order chi connectivity index (χ1) is 15.1. The standard InChI is InChI=1S/C24H24N4O3/c1-28(2)11-5-10-25-24(29)19-13-17-16-6-3-4-7-18(16)26-23(17)22(27-19)15-8-9-20-21(12-15)31-14-30-20/h3-4,6-9,12-13,26H,5,10-11,14H2,1-2H3,(H,25,29)/p+1. The van der Waals surface area contributed by atoms with Crippen molar-refractivity contribution in [1.29, 1.82) is 0 Å². The van der Waals surface area contributed by atoms with Crippen molar-refractivity contribution in [2.24, 2.45) is 0 Å². The first-order valence-electron chi connectivity index (χ1n) is 10.5. The lowest BCUT2D eigenvalue weighted by atomic mass is 10.1. The predicted molar refractivity (Wildman–Crippen MR) is 120 cm³/mol. The van der Waals surface area contributed by atoms with E-state index in [0.717, 1.165) is 46.0 Å². The molecule has 0 aliphatic carbocycles. The summed E-state index contributed by atoms with van der Waals surface area (Å²) in [6.07, 6.45) is 0.915. The van der Waals surface area contributed by atoms with Gasteiger partial charge in [0.15, 0.2) is 11.5 Å². The summed E-state index contributed by atoms with van der Waals surface area (Å²) in [4.78, 5) is 22.5. The number of carbonyl (C=O) groups excluding carboxylic acids is 1. The molecule has 4 aromatic rings. The van der Waals surface area contributed by atoms with Crippen LogP contribution in [0.15, 0.2) is 48.5 Å². The summed E-state index contributed by atoms with van der Waals surface area (Å²) in [6.45, 7) is 1.83. The number of rotatable bonds is 6. The molecule has 2 aromatic heterocycles. The van der Waals surface area contributed by atoms with Gasteiger partial charge >= 0.3 is 0 Å². The second-order valence-electron chi connectivity index (χ2n) is 8.08. The van der Waals surface area contributed by atoms with E-state index < -0.39 is 0 Å². The van der Waals surface area contributed by atoms with Crippen LogP contribution in [-0.2, 0) is 0 Å². The van der Waals surface area contributed by atoms with Crippen LogP contribution >= 0.6 is 0 Å². The fourth-order valence-corrected chi connectivity index (χ4v) is 3.95. The summed E-state index contributed by atoms with van der Waals surface area (Å²) < 4.78 is 11.0. The van der Waals surface area contributed by atoms with E-state index in [4.69, 9.17) is 14.5 Å². The molecule has 158 valence electrons. The average molecular weight is 417 g/mol. The van der Waals surface area contributed by atoms with Gasteiger partial charge in [-0.15, -0.1) is 0 Å². The highest BCUT2D eigenvalue weighted by Crippen LogP contribution is 2.38. The van der Waals surface area contributed by atoms with Crippen LogP contribution in [0.4, 0.5) is 0 Å². The SMILES string of the molecule is C[NH+](C)CCCNC(=O)c1cc2c([nH]c3ccccc32)c(-c2ccc3c(c2)OCO3)n1. The second kappa shape index (κ2) is 7.92. The quantitative estimate of drug-likeness (QED) is 0.421. The maximum absolute atomic E-state index is 12.9. The minimum absolute atomic E-state index is 0.164. The number of aromatic nitrogens is 2. The van der Waals surface area contributed by atoms with Gasteiger partial charge in [-0.2, -0.15) is 0 Å². The number of nitrogens with zero attached hydrogens (tertiary/aromatic N) is 1. The monoisotopic (exact) mass is 417 g/mol. The Labute approximate surface area is 180 Å². The van der Waals surface area contributed by atoms with E-state index in [-0.39, 0.29) is 12.7 Å². The van der Waals surface area contributed by atoms with Crippen molar-refractivity contribution < 1.29 is 19.2 Å². The molecule has 0 radical (unpaired) electrons. The van der Waals surface area contributed by atoms with Gasteiger partial charge in [0.05, 0.1) is 31.9 Å². The third-order valence-electron chi connectivity index (χ3n) is 5.51. The molecule has 3 N–H and O–H groups in total. The predicted octanol–water partition coefficient (Wildman–Crippen LogP) is 2.38. The Morgan fingerprint density at radius 1 is 1.10 bits per heavy atom. The number of hydrogen-bond donors (Lipinski definition) is 3. The van der Waals surface area contributed by atoms with Crippen molar-refractivity contribution in [1.82, 2.24) is 15.3 Å². The molecule has 0 atom stereocenters. The van der Waals surface area contributed by atoms with Crippen molar-refractivity contribution in [3.05, 3.63) is 54.2 Å². The zero-order valence-electron chi connectivity index (χ0n) is 17.6. The molecule has 1 amide bonds. The maximum Gasteiger partial charge on any atom is 0.269 e. The highest BCUT2D eigenvalue weighted by Gasteiger charge is 2.20. The van der Waals surface area contributed by atoms with E-state index in [1.54, 1.807) is 0 Å². The molecule has 0 spiro atoms. The number of pyridine rings is 1. The van der Waals surface area contributed by atoms with Crippen LogP contribution in [0.25, 0.3) is 33.1 Å². The summed E-state index contributed by atoms with van der Waals surface area (Å²) in [5.74, 6) is 1.24. The number of fused-ring (bicyclic) bond motifs is 4. The fraction of sp³-hybridized carbons (Fsp3) is 0.250. The van der Waals surface area contributed by atoms with Crippen molar-refractivity contribution in [3.8, 4) is 22.8 Å². The zero-order chi connectivity index (χ0) is 21.4. The van der Waals surface area contributed by atoms with Crippen molar-refractivity contribution >= 4 is 27.7 Å². The number of ether oxygens (including phenoxy) is 2. The first kappa shape index (κ1) is 19.4. The second-order valence-corrected chi connectivity index (χ2v) is 8.08. The van der Waals surface area contributed by atoms with Gasteiger partial charge < -0.3 is 24.7 Å². The smallest absolute Gasteiger partial charge is 0.269 e. The molecule has 0 saturated heterocycles. The van der Waals surface area contributed by atoms with Crippen LogP contribution in [0.5, 0.6) is 11.5 Å². The molecular formula is C24H25N4O3+. The third-order valence-corrected chi connectivity index (χ3v) is 5.51. The van der Waals surface area contributed by atoms with Crippen LogP contribution in [-0.4, -0.2) is 49.9 Å². The summed E-state index contributed by atoms with van der Waals surface area (Å²) >= 11 is 0. The van der Waals surface area contributed by atoms with Crippen LogP contribution in [0.2, 0.25) is 0 Å². The minimum atomic E-state index is -0.164. The van der Waals surface area contributed by atoms with Crippen molar-refractivity contribution in [2.45, 2.75) is 6.42 Å². The summed E-state index contributed by atoms with van der Waals surface area (Å²) in [5.41, 5.74) is 3.89. The molecule has 7 nitrogen and oxygen atoms in total. The van der Waals surface area contributed by atoms with Gasteiger partial charge in [0, 0.05) is 34.8 Å². The van der Waals surface area contributed by atoms with Gasteiger partial charge in [0.2, 0.25) is 6.79 Å². The fourth-order valence-electron chi connectivity index (χ4n) is 3.95. The van der Waals surface area contributed by atoms with Gasteiger partial charge in [-0.1, -0.05) is 18.2 Å². The Morgan fingerprint density at radius 2 is 1.94 bits per heavy atom. The number of amides is 1. The van der Waals surface area contributed by atoms with Crippen LogP contribution in [0.3, 0.4) is 0 Å². The molecule has 2 aromatic carbocycles. The topological polar surface area (TPSA) is 80.7 Å². The normalized spacial score (nSPS) is 12.7. The molecule has 5 rings (SSSR count). The molecule has 0 bridgehead atoms. The van der Waals surface area contributed by atoms with E-state index in [0.29, 0.717) is 23.7 Å². The van der Waals surface area contributed by atoms with Crippen molar-refractivity contribution in [3.63, 3.8) is 0 Å². The number of carbonyl (C=O) groups is 1. The number of H-pyrrole nitrogens is 1. The Bertz CT molecular complexity index is 1280. The highest BCUT2D eigenvalue weighted by molar-refractivity contribution is 6.13. The first-order valence-corrected chi connectivity index (χ1v) is 10.5. The molecule has 1 aliphatic heterocycles. The van der Waals surface area contributed by atoms with E-state index >= 15 is 0 Å². The van der Waals surface area contributed by atoms with E-state index in [9.17, 15) is 4.79 Å². The van der Waals surface area contributed by atoms with Crippen LogP contribution in [0.1, 0.15) is 16.9 Å². The summed E-state index contributed by atoms with van der Waals surface area (Å²) in [7, 11) is 4.21. The Balaban J connectivity index is 1.59. The minimum Gasteiger partial charge on any atom is -0.454 e. The maximum atomic E-state index is 12.9. The molecular weight excluding hydrogens is 392 g/mol. The Kier molecular flexibility index (Phi) is 4.95. The Morgan fingerprint density at radius 3 is 2.81 bits per heavy atom. The molecule has 7 heteroatoms. The van der Waals surface area contributed by atoms with E-state index in [2.05, 4.69) is 30.5 Å². The number of quaternary nitrogens is 1. The Hall–Kier alpha value is -3.58. The number of aromatic amines is 1. The van der Waals surface area contributed by atoms with Crippen LogP contribution in [0, 0.1) is 0 Å². The van der Waals surface area contributed by atoms with Gasteiger partial charge in [0.1, 0.15) is 5.69 Å². The van der Waals surface area contributed by atoms with Gasteiger partial charge in [-0.3, -0.25) is 4.79 Å². The zero-order valence-corrected chi connectivity index (χ0v) is 17.6. The van der Waals surface area contributed by atoms with Crippen LogP contribution < -0.4 is 19.7 Å². The largest absolute Gasteiger partial charge is 0.454 e. The van der Waals surface area contributed by atoms with Crippen molar-refractivity contribution in [2.75, 3.05) is 34.0 Å². The molecule has 0 fully saturated rings. The third kappa shape index (κ3) is 3.68. The number of nitrogens with one attached hydrogen (secondary N) is 3. The van der Waals surface area contributed by atoms with Gasteiger partial charge in [-0.05, 0) is 30.3 Å². The summed E-state index contributed by atoms with van der Waals surface area (Å²) in [5, 5.41) is 5.05. The lowest BCUT2D eigenvalue weighted by molar-refractivity contribution is -0.858. The lowest BCUT2D eigenvalue weighted by Gasteiger charge is -2.10. The molecule has 1 aliphatic rings.